The molecule has 2 rings (SSSR count). The van der Waals surface area contributed by atoms with Crippen molar-refractivity contribution in [3.05, 3.63) is 54.4 Å². The summed E-state index contributed by atoms with van der Waals surface area (Å²) in [5, 5.41) is 27.5. The summed E-state index contributed by atoms with van der Waals surface area (Å²) in [6.07, 6.45) is 1.58. The molecular formula is C18H19N3O6. The highest BCUT2D eigenvalue weighted by molar-refractivity contribution is 5.85. The Morgan fingerprint density at radius 1 is 0.741 bits per heavy atom. The smallest absolute Gasteiger partial charge is 0.323 e. The van der Waals surface area contributed by atoms with Gasteiger partial charge in [-0.15, -0.1) is 0 Å². The maximum Gasteiger partial charge on any atom is 0.323 e. The Hall–Kier alpha value is -3.62. The molecule has 3 N–H and O–H groups in total. The molecule has 0 unspecified atom stereocenters. The summed E-state index contributed by atoms with van der Waals surface area (Å²) in [7, 11) is 0. The van der Waals surface area contributed by atoms with Crippen LogP contribution in [0.15, 0.2) is 48.7 Å². The van der Waals surface area contributed by atoms with Gasteiger partial charge in [0.05, 0.1) is 23.6 Å². The number of carboxylic acids is 3. The van der Waals surface area contributed by atoms with Crippen molar-refractivity contribution in [3.8, 4) is 0 Å². The highest BCUT2D eigenvalue weighted by Gasteiger charge is 2.21. The molecule has 27 heavy (non-hydrogen) atoms. The minimum absolute atomic E-state index is 0.165. The molecule has 9 heteroatoms. The van der Waals surface area contributed by atoms with Crippen molar-refractivity contribution in [2.24, 2.45) is 0 Å². The van der Waals surface area contributed by atoms with E-state index in [4.69, 9.17) is 10.2 Å². The molecule has 9 nitrogen and oxygen atoms in total. The molecule has 0 atom stereocenters. The van der Waals surface area contributed by atoms with E-state index in [0.717, 1.165) is 0 Å². The summed E-state index contributed by atoms with van der Waals surface area (Å²) < 4.78 is 0. The van der Waals surface area contributed by atoms with E-state index < -0.39 is 31.0 Å². The topological polar surface area (TPSA) is 131 Å². The zero-order valence-electron chi connectivity index (χ0n) is 14.4. The van der Waals surface area contributed by atoms with Gasteiger partial charge in [0.1, 0.15) is 19.6 Å². The van der Waals surface area contributed by atoms with Crippen LogP contribution in [0.4, 0.5) is 11.4 Å². The van der Waals surface area contributed by atoms with E-state index >= 15 is 0 Å². The number of para-hydroxylation sites is 2. The summed E-state index contributed by atoms with van der Waals surface area (Å²) in [5.41, 5.74) is 1.35. The van der Waals surface area contributed by atoms with Crippen LogP contribution in [0.3, 0.4) is 0 Å². The van der Waals surface area contributed by atoms with Gasteiger partial charge >= 0.3 is 17.9 Å². The van der Waals surface area contributed by atoms with Gasteiger partial charge in [-0.05, 0) is 24.3 Å². The van der Waals surface area contributed by atoms with E-state index in [2.05, 4.69) is 4.98 Å². The summed E-state index contributed by atoms with van der Waals surface area (Å²) >= 11 is 0. The Labute approximate surface area is 155 Å². The molecule has 0 saturated carbocycles. The molecule has 2 aromatic rings. The third kappa shape index (κ3) is 5.99. The van der Waals surface area contributed by atoms with E-state index in [9.17, 15) is 19.5 Å². The predicted octanol–water partition coefficient (Wildman–Crippen LogP) is 1.15. The fourth-order valence-corrected chi connectivity index (χ4v) is 2.63. The maximum absolute atomic E-state index is 11.3. The second kappa shape index (κ2) is 9.18. The second-order valence-electron chi connectivity index (χ2n) is 5.70. The highest BCUT2D eigenvalue weighted by Crippen LogP contribution is 2.30. The summed E-state index contributed by atoms with van der Waals surface area (Å²) in [4.78, 5) is 40.5. The SMILES string of the molecule is O=C(O)CN(CC(=O)O)c1ccccc1N(CC(=O)O)Cc1ccccn1. The van der Waals surface area contributed by atoms with Gasteiger partial charge in [0.25, 0.3) is 0 Å². The van der Waals surface area contributed by atoms with Crippen molar-refractivity contribution in [2.75, 3.05) is 29.4 Å². The molecule has 0 amide bonds. The Morgan fingerprint density at radius 2 is 1.22 bits per heavy atom. The molecule has 1 aromatic heterocycles. The monoisotopic (exact) mass is 373 g/mol. The first-order chi connectivity index (χ1) is 12.9. The van der Waals surface area contributed by atoms with Crippen LogP contribution in [0, 0.1) is 0 Å². The number of aliphatic carboxylic acids is 3. The Kier molecular flexibility index (Phi) is 6.70. The lowest BCUT2D eigenvalue weighted by Crippen LogP contribution is -2.37. The zero-order valence-corrected chi connectivity index (χ0v) is 14.4. The van der Waals surface area contributed by atoms with E-state index in [1.165, 1.54) is 9.80 Å². The van der Waals surface area contributed by atoms with Gasteiger partial charge in [-0.25, -0.2) is 0 Å². The molecule has 0 radical (unpaired) electrons. The fourth-order valence-electron chi connectivity index (χ4n) is 2.63. The van der Waals surface area contributed by atoms with Gasteiger partial charge in [0.2, 0.25) is 0 Å². The van der Waals surface area contributed by atoms with Gasteiger partial charge in [-0.1, -0.05) is 18.2 Å². The average molecular weight is 373 g/mol. The minimum atomic E-state index is -1.19. The van der Waals surface area contributed by atoms with Crippen molar-refractivity contribution in [2.45, 2.75) is 6.54 Å². The first kappa shape index (κ1) is 19.7. The van der Waals surface area contributed by atoms with Crippen LogP contribution < -0.4 is 9.80 Å². The molecule has 0 bridgehead atoms. The molecule has 0 aliphatic carbocycles. The summed E-state index contributed by atoms with van der Waals surface area (Å²) in [5.74, 6) is -3.47. The molecule has 0 saturated heterocycles. The summed E-state index contributed by atoms with van der Waals surface area (Å²) in [6, 6.07) is 11.7. The van der Waals surface area contributed by atoms with Crippen molar-refractivity contribution in [3.63, 3.8) is 0 Å². The lowest BCUT2D eigenvalue weighted by atomic mass is 10.2. The Morgan fingerprint density at radius 3 is 1.70 bits per heavy atom. The van der Waals surface area contributed by atoms with Crippen molar-refractivity contribution in [1.82, 2.24) is 4.98 Å². The number of rotatable bonds is 10. The molecule has 142 valence electrons. The fraction of sp³-hybridized carbons (Fsp3) is 0.222. The molecule has 0 spiro atoms. The Bertz CT molecular complexity index is 796. The number of nitrogens with zero attached hydrogens (tertiary/aromatic N) is 3. The minimum Gasteiger partial charge on any atom is -0.480 e. The predicted molar refractivity (Wildman–Crippen MR) is 96.8 cm³/mol. The normalized spacial score (nSPS) is 10.2. The van der Waals surface area contributed by atoms with Crippen LogP contribution in [0.25, 0.3) is 0 Å². The number of carboxylic acid groups (broad SMARTS) is 3. The van der Waals surface area contributed by atoms with Crippen LogP contribution in [-0.4, -0.2) is 57.8 Å². The largest absolute Gasteiger partial charge is 0.480 e. The molecule has 0 fully saturated rings. The highest BCUT2D eigenvalue weighted by atomic mass is 16.4. The van der Waals surface area contributed by atoms with Crippen LogP contribution in [0.1, 0.15) is 5.69 Å². The third-order valence-corrected chi connectivity index (χ3v) is 3.62. The van der Waals surface area contributed by atoms with Gasteiger partial charge in [0, 0.05) is 6.20 Å². The van der Waals surface area contributed by atoms with Crippen LogP contribution >= 0.6 is 0 Å². The zero-order chi connectivity index (χ0) is 19.8. The van der Waals surface area contributed by atoms with Crippen molar-refractivity contribution >= 4 is 29.3 Å². The number of hydrogen-bond acceptors (Lipinski definition) is 6. The van der Waals surface area contributed by atoms with Gasteiger partial charge in [0.15, 0.2) is 0 Å². The van der Waals surface area contributed by atoms with E-state index in [-0.39, 0.29) is 13.1 Å². The molecule has 0 aliphatic heterocycles. The summed E-state index contributed by atoms with van der Waals surface area (Å²) in [6.45, 7) is -1.26. The molecule has 1 aromatic carbocycles. The lowest BCUT2D eigenvalue weighted by Gasteiger charge is -2.30. The first-order valence-electron chi connectivity index (χ1n) is 8.01. The van der Waals surface area contributed by atoms with E-state index in [0.29, 0.717) is 17.1 Å². The van der Waals surface area contributed by atoms with Crippen LogP contribution in [0.2, 0.25) is 0 Å². The van der Waals surface area contributed by atoms with E-state index in [1.54, 1.807) is 48.7 Å². The molecule has 0 aliphatic rings. The van der Waals surface area contributed by atoms with Crippen LogP contribution in [-0.2, 0) is 20.9 Å². The number of anilines is 2. The van der Waals surface area contributed by atoms with Crippen molar-refractivity contribution < 1.29 is 29.7 Å². The quantitative estimate of drug-likeness (QED) is 0.561. The molecule has 1 heterocycles. The van der Waals surface area contributed by atoms with E-state index in [1.807, 2.05) is 0 Å². The lowest BCUT2D eigenvalue weighted by molar-refractivity contribution is -0.137. The van der Waals surface area contributed by atoms with Gasteiger partial charge < -0.3 is 25.1 Å². The van der Waals surface area contributed by atoms with Crippen molar-refractivity contribution in [1.29, 1.82) is 0 Å². The number of hydrogen-bond donors (Lipinski definition) is 3. The van der Waals surface area contributed by atoms with Gasteiger partial charge in [-0.2, -0.15) is 0 Å². The first-order valence-corrected chi connectivity index (χ1v) is 8.01. The van der Waals surface area contributed by atoms with Gasteiger partial charge in [-0.3, -0.25) is 19.4 Å². The number of aromatic nitrogens is 1. The number of carbonyl (C=O) groups is 3. The maximum atomic E-state index is 11.3. The molecular weight excluding hydrogens is 354 g/mol. The third-order valence-electron chi connectivity index (χ3n) is 3.62. The second-order valence-corrected chi connectivity index (χ2v) is 5.70. The van der Waals surface area contributed by atoms with Crippen LogP contribution in [0.5, 0.6) is 0 Å². The Balaban J connectivity index is 2.44. The standard InChI is InChI=1S/C18H19N3O6/c22-16(23)10-20(9-13-5-3-4-8-19-13)14-6-1-2-7-15(14)21(11-17(24)25)12-18(26)27/h1-8H,9-12H2,(H,22,23)(H,24,25)(H,26,27). The number of benzene rings is 1. The number of pyridine rings is 1. The average Bonchev–Trinajstić information content (AvgIpc) is 2.60.